The van der Waals surface area contributed by atoms with Crippen LogP contribution in [0.25, 0.3) is 0 Å². The highest BCUT2D eigenvalue weighted by Gasteiger charge is 2.60. The van der Waals surface area contributed by atoms with Crippen molar-refractivity contribution in [2.75, 3.05) is 13.2 Å². The number of rotatable bonds is 1. The summed E-state index contributed by atoms with van der Waals surface area (Å²) in [7, 11) is 0. The van der Waals surface area contributed by atoms with Crippen molar-refractivity contribution in [2.45, 2.75) is 30.2 Å². The Bertz CT molecular complexity index is 207. The molecule has 2 aliphatic rings. The van der Waals surface area contributed by atoms with Gasteiger partial charge < -0.3 is 29.9 Å². The molecule has 0 aromatic carbocycles. The van der Waals surface area contributed by atoms with E-state index in [1.165, 1.54) is 0 Å². The molecule has 0 saturated carbocycles. The highest BCUT2D eigenvalue weighted by molar-refractivity contribution is 5.02. The summed E-state index contributed by atoms with van der Waals surface area (Å²) >= 11 is 0. The fraction of sp³-hybridized carbons (Fsp3) is 1.00. The van der Waals surface area contributed by atoms with Crippen LogP contribution in [0.4, 0.5) is 0 Å². The molecule has 0 aromatic heterocycles. The average molecular weight is 192 g/mol. The van der Waals surface area contributed by atoms with Crippen molar-refractivity contribution in [1.29, 1.82) is 0 Å². The molecule has 4 N–H and O–H groups in total. The minimum atomic E-state index is -1.55. The zero-order chi connectivity index (χ0) is 9.64. The van der Waals surface area contributed by atoms with Gasteiger partial charge in [-0.3, -0.25) is 0 Å². The fourth-order valence-electron chi connectivity index (χ4n) is 1.73. The van der Waals surface area contributed by atoms with Crippen LogP contribution in [0.3, 0.4) is 0 Å². The molecule has 0 aliphatic carbocycles. The summed E-state index contributed by atoms with van der Waals surface area (Å²) < 4.78 is 10.0. The van der Waals surface area contributed by atoms with Crippen molar-refractivity contribution in [2.24, 2.45) is 0 Å². The molecule has 5 atom stereocenters. The number of aliphatic hydroxyl groups excluding tert-OH is 4. The number of ether oxygens (including phenoxy) is 2. The molecule has 0 aromatic rings. The van der Waals surface area contributed by atoms with E-state index >= 15 is 0 Å². The second-order valence-corrected chi connectivity index (χ2v) is 3.37. The van der Waals surface area contributed by atoms with E-state index in [1.54, 1.807) is 0 Å². The predicted molar refractivity (Wildman–Crippen MR) is 38.7 cm³/mol. The van der Waals surface area contributed by atoms with Gasteiger partial charge in [0.1, 0.15) is 31.0 Å². The van der Waals surface area contributed by atoms with Crippen LogP contribution >= 0.6 is 0 Å². The maximum atomic E-state index is 9.47. The van der Waals surface area contributed by atoms with E-state index in [0.29, 0.717) is 0 Å². The Morgan fingerprint density at radius 1 is 1.31 bits per heavy atom. The first-order valence-corrected chi connectivity index (χ1v) is 4.07. The van der Waals surface area contributed by atoms with Crippen LogP contribution in [0.2, 0.25) is 0 Å². The van der Waals surface area contributed by atoms with Crippen molar-refractivity contribution < 1.29 is 29.9 Å². The molecule has 2 heterocycles. The van der Waals surface area contributed by atoms with Gasteiger partial charge in [-0.15, -0.1) is 0 Å². The van der Waals surface area contributed by atoms with Crippen molar-refractivity contribution in [1.82, 2.24) is 0 Å². The van der Waals surface area contributed by atoms with Gasteiger partial charge in [-0.25, -0.2) is 0 Å². The Balaban J connectivity index is 2.25. The lowest BCUT2D eigenvalue weighted by Crippen LogP contribution is -2.51. The number of aliphatic hydroxyl groups is 4. The summed E-state index contributed by atoms with van der Waals surface area (Å²) in [6, 6.07) is 0. The first-order chi connectivity index (χ1) is 6.10. The topological polar surface area (TPSA) is 99.4 Å². The van der Waals surface area contributed by atoms with Gasteiger partial charge >= 0.3 is 0 Å². The SMILES string of the molecule is OCC12OCC(O)C(O1)C(O)C2O. The summed E-state index contributed by atoms with van der Waals surface area (Å²) in [5.41, 5.74) is 0. The van der Waals surface area contributed by atoms with E-state index < -0.39 is 36.8 Å². The Hall–Kier alpha value is -0.240. The molecule has 2 saturated heterocycles. The van der Waals surface area contributed by atoms with Crippen LogP contribution in [-0.4, -0.2) is 63.8 Å². The van der Waals surface area contributed by atoms with Gasteiger partial charge in [-0.2, -0.15) is 0 Å². The third-order valence-electron chi connectivity index (χ3n) is 2.54. The number of hydrogen-bond acceptors (Lipinski definition) is 6. The minimum Gasteiger partial charge on any atom is -0.391 e. The van der Waals surface area contributed by atoms with E-state index in [1.807, 2.05) is 0 Å². The molecule has 76 valence electrons. The van der Waals surface area contributed by atoms with Gasteiger partial charge in [0, 0.05) is 0 Å². The zero-order valence-corrected chi connectivity index (χ0v) is 6.83. The lowest BCUT2D eigenvalue weighted by atomic mass is 10.0. The summed E-state index contributed by atoms with van der Waals surface area (Å²) in [6.07, 6.45) is -4.38. The second kappa shape index (κ2) is 2.88. The lowest BCUT2D eigenvalue weighted by Gasteiger charge is -2.34. The van der Waals surface area contributed by atoms with E-state index in [2.05, 4.69) is 0 Å². The van der Waals surface area contributed by atoms with Gasteiger partial charge in [0.2, 0.25) is 5.79 Å². The number of hydrogen-bond donors (Lipinski definition) is 4. The largest absolute Gasteiger partial charge is 0.391 e. The van der Waals surface area contributed by atoms with Crippen LogP contribution in [-0.2, 0) is 9.47 Å². The van der Waals surface area contributed by atoms with Crippen LogP contribution in [0, 0.1) is 0 Å². The molecule has 13 heavy (non-hydrogen) atoms. The normalized spacial score (nSPS) is 55.4. The van der Waals surface area contributed by atoms with Crippen LogP contribution < -0.4 is 0 Å². The second-order valence-electron chi connectivity index (χ2n) is 3.37. The third kappa shape index (κ3) is 1.11. The minimum absolute atomic E-state index is 0.0562. The Morgan fingerprint density at radius 3 is 2.62 bits per heavy atom. The van der Waals surface area contributed by atoms with Crippen molar-refractivity contribution in [3.05, 3.63) is 0 Å². The molecule has 5 unspecified atom stereocenters. The monoisotopic (exact) mass is 192 g/mol. The molecule has 2 fully saturated rings. The predicted octanol–water partition coefficient (Wildman–Crippen LogP) is -2.81. The Morgan fingerprint density at radius 2 is 2.00 bits per heavy atom. The van der Waals surface area contributed by atoms with Crippen LogP contribution in [0.1, 0.15) is 0 Å². The molecular formula is C7H12O6. The Kier molecular flexibility index (Phi) is 2.06. The van der Waals surface area contributed by atoms with Gasteiger partial charge in [-0.1, -0.05) is 0 Å². The summed E-state index contributed by atoms with van der Waals surface area (Å²) in [5.74, 6) is -1.55. The fourth-order valence-corrected chi connectivity index (χ4v) is 1.73. The average Bonchev–Trinajstić information content (AvgIpc) is 2.36. The van der Waals surface area contributed by atoms with Gasteiger partial charge in [0.05, 0.1) is 6.61 Å². The van der Waals surface area contributed by atoms with Crippen LogP contribution in [0.15, 0.2) is 0 Å². The molecular weight excluding hydrogens is 180 g/mol. The van der Waals surface area contributed by atoms with Gasteiger partial charge in [-0.05, 0) is 0 Å². The molecule has 2 rings (SSSR count). The van der Waals surface area contributed by atoms with E-state index in [9.17, 15) is 15.3 Å². The number of fused-ring (bicyclic) bond motifs is 2. The molecule has 6 nitrogen and oxygen atoms in total. The van der Waals surface area contributed by atoms with E-state index in [0.717, 1.165) is 0 Å². The molecule has 2 bridgehead atoms. The van der Waals surface area contributed by atoms with Crippen molar-refractivity contribution in [3.8, 4) is 0 Å². The zero-order valence-electron chi connectivity index (χ0n) is 6.83. The Labute approximate surface area is 74.3 Å². The standard InChI is InChI=1S/C7H12O6/c8-2-7-6(11)4(10)5(13-7)3(9)1-12-7/h3-6,8-11H,1-2H2. The van der Waals surface area contributed by atoms with E-state index in [-0.39, 0.29) is 6.61 Å². The highest BCUT2D eigenvalue weighted by atomic mass is 16.8. The van der Waals surface area contributed by atoms with Gasteiger partial charge in [0.15, 0.2) is 0 Å². The molecule has 0 amide bonds. The van der Waals surface area contributed by atoms with Crippen LogP contribution in [0.5, 0.6) is 0 Å². The summed E-state index contributed by atoms with van der Waals surface area (Å²) in [5, 5.41) is 37.1. The molecule has 6 heteroatoms. The maximum Gasteiger partial charge on any atom is 0.221 e. The van der Waals surface area contributed by atoms with Crippen molar-refractivity contribution >= 4 is 0 Å². The molecule has 2 aliphatic heterocycles. The maximum absolute atomic E-state index is 9.47. The first-order valence-electron chi connectivity index (χ1n) is 4.07. The first kappa shape index (κ1) is 9.32. The van der Waals surface area contributed by atoms with Gasteiger partial charge in [0.25, 0.3) is 0 Å². The lowest BCUT2D eigenvalue weighted by molar-refractivity contribution is -0.318. The van der Waals surface area contributed by atoms with Crippen molar-refractivity contribution in [3.63, 3.8) is 0 Å². The smallest absolute Gasteiger partial charge is 0.221 e. The summed E-state index contributed by atoms with van der Waals surface area (Å²) in [6.45, 7) is -0.603. The quantitative estimate of drug-likeness (QED) is 0.358. The molecule has 0 radical (unpaired) electrons. The van der Waals surface area contributed by atoms with E-state index in [4.69, 9.17) is 14.6 Å². The molecule has 0 spiro atoms. The third-order valence-corrected chi connectivity index (χ3v) is 2.54. The summed E-state index contributed by atoms with van der Waals surface area (Å²) in [4.78, 5) is 0. The highest BCUT2D eigenvalue weighted by Crippen LogP contribution is 2.37.